The average Bonchev–Trinajstić information content (AvgIpc) is 3.11. The summed E-state index contributed by atoms with van der Waals surface area (Å²) in [6.07, 6.45) is 3.50. The van der Waals surface area contributed by atoms with E-state index in [1.54, 1.807) is 12.1 Å². The quantitative estimate of drug-likeness (QED) is 0.192. The first-order valence-corrected chi connectivity index (χ1v) is 9.55. The molecule has 27 heavy (non-hydrogen) atoms. The standard InChI is InChI=1S/C19H31N5O2.HI/c1-4-15(3)22-19(21-14-18-7-6-12-23(18)5-2)20-13-16-8-10-17(11-9-16)24(25)26;/h8-11,15,18H,4-7,12-14H2,1-3H3,(H2,20,21,22);1H. The molecule has 0 aliphatic carbocycles. The van der Waals surface area contributed by atoms with Crippen LogP contribution in [0.4, 0.5) is 5.69 Å². The van der Waals surface area contributed by atoms with E-state index >= 15 is 0 Å². The molecule has 7 nitrogen and oxygen atoms in total. The first-order chi connectivity index (χ1) is 12.5. The fraction of sp³-hybridized carbons (Fsp3) is 0.632. The molecule has 1 aromatic rings. The molecule has 0 spiro atoms. The number of halogens is 1. The molecule has 2 rings (SSSR count). The van der Waals surface area contributed by atoms with Crippen molar-refractivity contribution in [1.29, 1.82) is 0 Å². The van der Waals surface area contributed by atoms with Gasteiger partial charge in [0.1, 0.15) is 0 Å². The number of rotatable bonds is 8. The van der Waals surface area contributed by atoms with Gasteiger partial charge in [-0.3, -0.25) is 15.0 Å². The van der Waals surface area contributed by atoms with Crippen molar-refractivity contribution in [2.24, 2.45) is 4.99 Å². The topological polar surface area (TPSA) is 82.8 Å². The molecule has 1 aliphatic rings. The monoisotopic (exact) mass is 489 g/mol. The summed E-state index contributed by atoms with van der Waals surface area (Å²) in [5, 5.41) is 17.7. The van der Waals surface area contributed by atoms with Crippen LogP contribution in [0.15, 0.2) is 29.3 Å². The van der Waals surface area contributed by atoms with Crippen molar-refractivity contribution >= 4 is 35.6 Å². The number of aliphatic imine (C=N–C) groups is 1. The molecule has 8 heteroatoms. The maximum Gasteiger partial charge on any atom is 0.269 e. The fourth-order valence-electron chi connectivity index (χ4n) is 3.14. The second-order valence-electron chi connectivity index (χ2n) is 6.85. The van der Waals surface area contributed by atoms with Gasteiger partial charge in [-0.05, 0) is 44.8 Å². The van der Waals surface area contributed by atoms with Gasteiger partial charge in [-0.15, -0.1) is 24.0 Å². The minimum atomic E-state index is -0.383. The summed E-state index contributed by atoms with van der Waals surface area (Å²) >= 11 is 0. The van der Waals surface area contributed by atoms with Crippen LogP contribution in [0.5, 0.6) is 0 Å². The molecule has 0 aromatic heterocycles. The van der Waals surface area contributed by atoms with Crippen molar-refractivity contribution < 1.29 is 4.92 Å². The second kappa shape index (κ2) is 12.1. The van der Waals surface area contributed by atoms with E-state index in [4.69, 9.17) is 0 Å². The van der Waals surface area contributed by atoms with E-state index in [0.29, 0.717) is 18.6 Å². The van der Waals surface area contributed by atoms with Gasteiger partial charge >= 0.3 is 0 Å². The summed E-state index contributed by atoms with van der Waals surface area (Å²) in [6.45, 7) is 10.1. The van der Waals surface area contributed by atoms with Gasteiger partial charge in [-0.25, -0.2) is 4.99 Å². The Labute approximate surface area is 179 Å². The summed E-state index contributed by atoms with van der Waals surface area (Å²) < 4.78 is 0. The predicted octanol–water partition coefficient (Wildman–Crippen LogP) is 3.53. The summed E-state index contributed by atoms with van der Waals surface area (Å²) in [4.78, 5) is 17.5. The van der Waals surface area contributed by atoms with E-state index < -0.39 is 0 Å². The third-order valence-electron chi connectivity index (χ3n) is 4.97. The third-order valence-corrected chi connectivity index (χ3v) is 4.97. The number of hydrogen-bond donors (Lipinski definition) is 2. The first kappa shape index (κ1) is 23.6. The Morgan fingerprint density at radius 1 is 1.37 bits per heavy atom. The Hall–Kier alpha value is -1.42. The SMILES string of the molecule is CCC(C)NC(=NCc1ccc([N+](=O)[O-])cc1)NCC1CCCN1CC.I. The minimum Gasteiger partial charge on any atom is -0.355 e. The zero-order valence-corrected chi connectivity index (χ0v) is 18.8. The maximum atomic E-state index is 10.7. The lowest BCUT2D eigenvalue weighted by molar-refractivity contribution is -0.384. The van der Waals surface area contributed by atoms with Gasteiger partial charge in [0, 0.05) is 30.8 Å². The van der Waals surface area contributed by atoms with Crippen molar-refractivity contribution in [3.8, 4) is 0 Å². The first-order valence-electron chi connectivity index (χ1n) is 9.55. The van der Waals surface area contributed by atoms with E-state index in [2.05, 4.69) is 41.3 Å². The van der Waals surface area contributed by atoms with Gasteiger partial charge in [-0.2, -0.15) is 0 Å². The van der Waals surface area contributed by atoms with Crippen LogP contribution in [-0.2, 0) is 6.54 Å². The molecule has 2 atom stereocenters. The van der Waals surface area contributed by atoms with Crippen molar-refractivity contribution in [3.63, 3.8) is 0 Å². The molecule has 2 N–H and O–H groups in total. The van der Waals surface area contributed by atoms with Gasteiger partial charge in [0.05, 0.1) is 11.5 Å². The van der Waals surface area contributed by atoms with Crippen LogP contribution < -0.4 is 10.6 Å². The molecule has 0 radical (unpaired) electrons. The van der Waals surface area contributed by atoms with E-state index in [9.17, 15) is 10.1 Å². The highest BCUT2D eigenvalue weighted by atomic mass is 127. The predicted molar refractivity (Wildman–Crippen MR) is 121 cm³/mol. The number of nitrogens with one attached hydrogen (secondary N) is 2. The summed E-state index contributed by atoms with van der Waals surface area (Å²) in [6, 6.07) is 7.47. The second-order valence-corrected chi connectivity index (χ2v) is 6.85. The number of benzene rings is 1. The number of nitrogens with zero attached hydrogens (tertiary/aromatic N) is 3. The number of nitro groups is 1. The van der Waals surface area contributed by atoms with E-state index in [1.807, 2.05) is 0 Å². The smallest absolute Gasteiger partial charge is 0.269 e. The van der Waals surface area contributed by atoms with Crippen LogP contribution in [0.25, 0.3) is 0 Å². The lowest BCUT2D eigenvalue weighted by Crippen LogP contribution is -2.47. The van der Waals surface area contributed by atoms with Crippen molar-refractivity contribution in [2.75, 3.05) is 19.6 Å². The van der Waals surface area contributed by atoms with E-state index in [-0.39, 0.29) is 34.6 Å². The summed E-state index contributed by atoms with van der Waals surface area (Å²) in [5.74, 6) is 0.806. The average molecular weight is 489 g/mol. The van der Waals surface area contributed by atoms with Crippen LogP contribution in [0.1, 0.15) is 45.6 Å². The molecule has 0 amide bonds. The lowest BCUT2D eigenvalue weighted by Gasteiger charge is -2.25. The molecule has 1 saturated heterocycles. The zero-order chi connectivity index (χ0) is 18.9. The highest BCUT2D eigenvalue weighted by molar-refractivity contribution is 14.0. The zero-order valence-electron chi connectivity index (χ0n) is 16.5. The largest absolute Gasteiger partial charge is 0.355 e. The van der Waals surface area contributed by atoms with Crippen LogP contribution in [0.3, 0.4) is 0 Å². The van der Waals surface area contributed by atoms with Crippen molar-refractivity contribution in [1.82, 2.24) is 15.5 Å². The maximum absolute atomic E-state index is 10.7. The van der Waals surface area contributed by atoms with Crippen LogP contribution >= 0.6 is 24.0 Å². The molecule has 1 aromatic carbocycles. The van der Waals surface area contributed by atoms with Crippen LogP contribution in [0, 0.1) is 10.1 Å². The highest BCUT2D eigenvalue weighted by Gasteiger charge is 2.22. The number of nitro benzene ring substituents is 1. The Bertz CT molecular complexity index is 609. The van der Waals surface area contributed by atoms with Crippen LogP contribution in [-0.4, -0.2) is 47.5 Å². The van der Waals surface area contributed by atoms with Crippen molar-refractivity contribution in [3.05, 3.63) is 39.9 Å². The number of hydrogen-bond acceptors (Lipinski definition) is 4. The Morgan fingerprint density at radius 3 is 2.67 bits per heavy atom. The Kier molecular flexibility index (Phi) is 10.6. The minimum absolute atomic E-state index is 0. The number of likely N-dealkylation sites (tertiary alicyclic amines) is 1. The molecule has 2 unspecified atom stereocenters. The third kappa shape index (κ3) is 7.61. The Balaban J connectivity index is 0.00000364. The number of guanidine groups is 1. The molecule has 1 fully saturated rings. The number of non-ortho nitro benzene ring substituents is 1. The van der Waals surface area contributed by atoms with Gasteiger partial charge in [0.25, 0.3) is 5.69 Å². The normalized spacial score (nSPS) is 18.6. The molecule has 0 bridgehead atoms. The molecule has 1 heterocycles. The summed E-state index contributed by atoms with van der Waals surface area (Å²) in [5.41, 5.74) is 1.06. The van der Waals surface area contributed by atoms with E-state index in [1.165, 1.54) is 31.5 Å². The molecular formula is C19H32IN5O2. The van der Waals surface area contributed by atoms with Crippen LogP contribution in [0.2, 0.25) is 0 Å². The lowest BCUT2D eigenvalue weighted by atomic mass is 10.2. The van der Waals surface area contributed by atoms with Crippen molar-refractivity contribution in [2.45, 2.75) is 58.7 Å². The van der Waals surface area contributed by atoms with Gasteiger partial charge in [-0.1, -0.05) is 26.0 Å². The molecule has 1 aliphatic heterocycles. The molecule has 152 valence electrons. The van der Waals surface area contributed by atoms with E-state index in [0.717, 1.165) is 31.0 Å². The number of likely N-dealkylation sites (N-methyl/N-ethyl adjacent to an activating group) is 1. The van der Waals surface area contributed by atoms with Gasteiger partial charge < -0.3 is 10.6 Å². The fourth-order valence-corrected chi connectivity index (χ4v) is 3.14. The van der Waals surface area contributed by atoms with Gasteiger partial charge in [0.2, 0.25) is 0 Å². The molecular weight excluding hydrogens is 457 g/mol. The Morgan fingerprint density at radius 2 is 2.07 bits per heavy atom. The summed E-state index contributed by atoms with van der Waals surface area (Å²) in [7, 11) is 0. The highest BCUT2D eigenvalue weighted by Crippen LogP contribution is 2.15. The van der Waals surface area contributed by atoms with Gasteiger partial charge in [0.15, 0.2) is 5.96 Å². The molecule has 0 saturated carbocycles.